The first-order valence-electron chi connectivity index (χ1n) is 11.1. The fourth-order valence-corrected chi connectivity index (χ4v) is 3.76. The van der Waals surface area contributed by atoms with Crippen LogP contribution in [0, 0.1) is 0 Å². The van der Waals surface area contributed by atoms with Gasteiger partial charge in [-0.2, -0.15) is 4.98 Å². The van der Waals surface area contributed by atoms with E-state index < -0.39 is 5.97 Å². The number of ketones is 1. The number of fused-ring (bicyclic) bond motifs is 1. The Morgan fingerprint density at radius 1 is 0.944 bits per heavy atom. The second-order valence-corrected chi connectivity index (χ2v) is 7.75. The predicted octanol–water partition coefficient (Wildman–Crippen LogP) is 4.33. The molecule has 0 saturated carbocycles. The molecule has 0 unspecified atom stereocenters. The average molecular weight is 491 g/mol. The summed E-state index contributed by atoms with van der Waals surface area (Å²) in [6, 6.07) is 12.6. The van der Waals surface area contributed by atoms with Crippen LogP contribution in [0.25, 0.3) is 16.7 Å². The lowest BCUT2D eigenvalue weighted by Gasteiger charge is -2.14. The van der Waals surface area contributed by atoms with Crippen LogP contribution in [0.2, 0.25) is 0 Å². The summed E-state index contributed by atoms with van der Waals surface area (Å²) in [5, 5.41) is 4.01. The molecule has 10 nitrogen and oxygen atoms in total. The van der Waals surface area contributed by atoms with E-state index in [0.29, 0.717) is 40.1 Å². The highest BCUT2D eigenvalue weighted by atomic mass is 16.5. The largest absolute Gasteiger partial charge is 0.493 e. The Balaban J connectivity index is 1.64. The van der Waals surface area contributed by atoms with Crippen LogP contribution < -0.4 is 19.5 Å². The van der Waals surface area contributed by atoms with Gasteiger partial charge in [-0.15, -0.1) is 0 Å². The molecule has 0 aliphatic carbocycles. The Kier molecular flexibility index (Phi) is 7.33. The number of esters is 1. The molecule has 0 atom stereocenters. The van der Waals surface area contributed by atoms with E-state index in [1.165, 1.54) is 7.11 Å². The van der Waals surface area contributed by atoms with Crippen LogP contribution in [0.5, 0.6) is 17.2 Å². The lowest BCUT2D eigenvalue weighted by Crippen LogP contribution is -2.06. The summed E-state index contributed by atoms with van der Waals surface area (Å²) in [6.07, 6.45) is 3.69. The Morgan fingerprint density at radius 3 is 2.36 bits per heavy atom. The van der Waals surface area contributed by atoms with Gasteiger partial charge in [-0.3, -0.25) is 9.59 Å². The molecule has 0 bridgehead atoms. The maximum Gasteiger partial charge on any atom is 0.305 e. The van der Waals surface area contributed by atoms with Gasteiger partial charge in [0, 0.05) is 53.3 Å². The molecule has 186 valence electrons. The number of benzene rings is 2. The maximum absolute atomic E-state index is 12.6. The number of anilines is 2. The minimum Gasteiger partial charge on any atom is -0.493 e. The van der Waals surface area contributed by atoms with Gasteiger partial charge in [0.25, 0.3) is 0 Å². The lowest BCUT2D eigenvalue weighted by atomic mass is 10.1. The van der Waals surface area contributed by atoms with E-state index in [4.69, 9.17) is 14.2 Å². The number of carbonyl (C=O) groups is 2. The number of nitrogens with zero attached hydrogens (tertiary/aromatic N) is 3. The summed E-state index contributed by atoms with van der Waals surface area (Å²) in [6.45, 7) is 0. The Bertz CT molecular complexity index is 1390. The van der Waals surface area contributed by atoms with E-state index in [1.54, 1.807) is 57.9 Å². The van der Waals surface area contributed by atoms with Gasteiger partial charge in [0.2, 0.25) is 11.7 Å². The van der Waals surface area contributed by atoms with E-state index in [9.17, 15) is 9.59 Å². The summed E-state index contributed by atoms with van der Waals surface area (Å²) in [7, 11) is 5.94. The molecule has 10 heteroatoms. The van der Waals surface area contributed by atoms with Gasteiger partial charge in [-0.1, -0.05) is 12.1 Å². The minimum absolute atomic E-state index is 0.0369. The van der Waals surface area contributed by atoms with Gasteiger partial charge in [-0.05, 0) is 18.2 Å². The third kappa shape index (κ3) is 5.07. The van der Waals surface area contributed by atoms with E-state index >= 15 is 0 Å². The molecule has 1 N–H and O–H groups in total. The quantitative estimate of drug-likeness (QED) is 0.256. The molecule has 4 aromatic rings. The number of nitrogens with one attached hydrogen (secondary N) is 1. The monoisotopic (exact) mass is 490 g/mol. The number of rotatable bonds is 10. The standard InChI is InChI=1S/C26H26N4O6/c1-33-21-13-18(14-22(34-2)24(21)36-4)28-26-27-15-17-10-11-30(25(17)29-26)19-7-5-6-16(12-19)20(31)8-9-23(32)35-3/h5-7,10-15H,8-9H2,1-4H3,(H,27,28,29). The highest BCUT2D eigenvalue weighted by Gasteiger charge is 2.15. The van der Waals surface area contributed by atoms with E-state index in [-0.39, 0.29) is 18.6 Å². The average Bonchev–Trinajstić information content (AvgIpc) is 3.34. The topological polar surface area (TPSA) is 114 Å². The van der Waals surface area contributed by atoms with E-state index in [0.717, 1.165) is 11.1 Å². The van der Waals surface area contributed by atoms with Gasteiger partial charge >= 0.3 is 5.97 Å². The molecule has 2 aromatic carbocycles. The molecular weight excluding hydrogens is 464 g/mol. The Morgan fingerprint density at radius 2 is 1.69 bits per heavy atom. The summed E-state index contributed by atoms with van der Waals surface area (Å²) in [5.74, 6) is 1.28. The maximum atomic E-state index is 12.6. The number of Topliss-reactive ketones (excluding diaryl/α,β-unsaturated/α-hetero) is 1. The number of aromatic nitrogens is 3. The fraction of sp³-hybridized carbons (Fsp3) is 0.231. The smallest absolute Gasteiger partial charge is 0.305 e. The molecule has 36 heavy (non-hydrogen) atoms. The van der Waals surface area contributed by atoms with Crippen molar-refractivity contribution in [1.82, 2.24) is 14.5 Å². The van der Waals surface area contributed by atoms with Gasteiger partial charge in [0.05, 0.1) is 34.9 Å². The summed E-state index contributed by atoms with van der Waals surface area (Å²) in [5.41, 5.74) is 2.56. The zero-order valence-corrected chi connectivity index (χ0v) is 20.4. The SMILES string of the molecule is COC(=O)CCC(=O)c1cccc(-n2ccc3cnc(Nc4cc(OC)c(OC)c(OC)c4)nc32)c1. The first-order valence-corrected chi connectivity index (χ1v) is 11.1. The van der Waals surface area contributed by atoms with E-state index in [2.05, 4.69) is 20.0 Å². The minimum atomic E-state index is -0.417. The third-order valence-electron chi connectivity index (χ3n) is 5.58. The van der Waals surface area contributed by atoms with Crippen molar-refractivity contribution in [3.05, 3.63) is 60.4 Å². The highest BCUT2D eigenvalue weighted by Crippen LogP contribution is 2.40. The fourth-order valence-electron chi connectivity index (χ4n) is 3.76. The van der Waals surface area contributed by atoms with Crippen molar-refractivity contribution in [3.8, 4) is 22.9 Å². The second kappa shape index (κ2) is 10.8. The lowest BCUT2D eigenvalue weighted by molar-refractivity contribution is -0.140. The molecule has 0 aliphatic heterocycles. The first kappa shape index (κ1) is 24.5. The summed E-state index contributed by atoms with van der Waals surface area (Å²) < 4.78 is 22.7. The Labute approximate surface area is 207 Å². The van der Waals surface area contributed by atoms with Gasteiger partial charge in [0.1, 0.15) is 5.65 Å². The van der Waals surface area contributed by atoms with Crippen molar-refractivity contribution in [2.45, 2.75) is 12.8 Å². The van der Waals surface area contributed by atoms with Crippen LogP contribution in [-0.4, -0.2) is 54.7 Å². The van der Waals surface area contributed by atoms with Crippen molar-refractivity contribution >= 4 is 34.4 Å². The first-order chi connectivity index (χ1) is 17.5. The molecule has 0 fully saturated rings. The van der Waals surface area contributed by atoms with Crippen LogP contribution in [-0.2, 0) is 9.53 Å². The normalized spacial score (nSPS) is 10.7. The Hall–Kier alpha value is -4.60. The summed E-state index contributed by atoms with van der Waals surface area (Å²) in [4.78, 5) is 33.1. The number of carbonyl (C=O) groups excluding carboxylic acids is 2. The number of methoxy groups -OCH3 is 4. The third-order valence-corrected chi connectivity index (χ3v) is 5.58. The van der Waals surface area contributed by atoms with E-state index in [1.807, 2.05) is 22.9 Å². The molecule has 0 saturated heterocycles. The van der Waals surface area contributed by atoms with Crippen LogP contribution in [0.15, 0.2) is 54.9 Å². The molecule has 2 aromatic heterocycles. The molecule has 4 rings (SSSR count). The number of ether oxygens (including phenoxy) is 4. The van der Waals surface area contributed by atoms with Crippen molar-refractivity contribution in [2.24, 2.45) is 0 Å². The zero-order valence-electron chi connectivity index (χ0n) is 20.4. The second-order valence-electron chi connectivity index (χ2n) is 7.75. The van der Waals surface area contributed by atoms with Crippen molar-refractivity contribution in [3.63, 3.8) is 0 Å². The molecule has 0 spiro atoms. The van der Waals surface area contributed by atoms with Crippen LogP contribution in [0.3, 0.4) is 0 Å². The highest BCUT2D eigenvalue weighted by molar-refractivity contribution is 5.98. The predicted molar refractivity (Wildman–Crippen MR) is 134 cm³/mol. The van der Waals surface area contributed by atoms with Crippen molar-refractivity contribution in [2.75, 3.05) is 33.8 Å². The van der Waals surface area contributed by atoms with Crippen molar-refractivity contribution in [1.29, 1.82) is 0 Å². The molecular formula is C26H26N4O6. The molecule has 0 amide bonds. The van der Waals surface area contributed by atoms with Gasteiger partial charge < -0.3 is 28.8 Å². The number of hydrogen-bond donors (Lipinski definition) is 1. The van der Waals surface area contributed by atoms with Crippen LogP contribution in [0.1, 0.15) is 23.2 Å². The molecule has 0 aliphatic rings. The summed E-state index contributed by atoms with van der Waals surface area (Å²) >= 11 is 0. The van der Waals surface area contributed by atoms with Crippen LogP contribution >= 0.6 is 0 Å². The molecule has 0 radical (unpaired) electrons. The van der Waals surface area contributed by atoms with Crippen LogP contribution in [0.4, 0.5) is 11.6 Å². The number of hydrogen-bond acceptors (Lipinski definition) is 9. The van der Waals surface area contributed by atoms with Gasteiger partial charge in [0.15, 0.2) is 17.3 Å². The molecule has 2 heterocycles. The zero-order chi connectivity index (χ0) is 25.7. The van der Waals surface area contributed by atoms with Crippen molar-refractivity contribution < 1.29 is 28.5 Å². The van der Waals surface area contributed by atoms with Gasteiger partial charge in [-0.25, -0.2) is 4.98 Å².